The van der Waals surface area contributed by atoms with Crippen molar-refractivity contribution in [2.45, 2.75) is 32.7 Å². The van der Waals surface area contributed by atoms with Gasteiger partial charge in [0.2, 0.25) is 5.91 Å². The smallest absolute Gasteiger partial charge is 0.281 e. The summed E-state index contributed by atoms with van der Waals surface area (Å²) in [5.41, 5.74) is 0.891. The number of benzene rings is 1. The molecule has 8 heteroatoms. The first-order valence-electron chi connectivity index (χ1n) is 8.30. The molecule has 0 saturated carbocycles. The van der Waals surface area contributed by atoms with Gasteiger partial charge in [-0.2, -0.15) is 0 Å². The number of hydrogen-bond donors (Lipinski definition) is 1. The van der Waals surface area contributed by atoms with Crippen LogP contribution in [0.3, 0.4) is 0 Å². The molecule has 0 aliphatic heterocycles. The molecular weight excluding hydrogens is 375 g/mol. The summed E-state index contributed by atoms with van der Waals surface area (Å²) in [4.78, 5) is 16.4. The van der Waals surface area contributed by atoms with E-state index in [1.807, 2.05) is 13.8 Å². The van der Waals surface area contributed by atoms with Gasteiger partial charge in [0.15, 0.2) is 4.96 Å². The molecule has 3 aromatic rings. The predicted molar refractivity (Wildman–Crippen MR) is 100 cm³/mol. The molecule has 1 N–H and O–H groups in total. The highest BCUT2D eigenvalue weighted by molar-refractivity contribution is 7.17. The molecule has 0 atom stereocenters. The molecule has 0 radical (unpaired) electrons. The first-order chi connectivity index (χ1) is 12.7. The van der Waals surface area contributed by atoms with E-state index in [0.29, 0.717) is 16.3 Å². The third kappa shape index (κ3) is 4.05. The summed E-state index contributed by atoms with van der Waals surface area (Å²) in [6.45, 7) is 4.45. The minimum atomic E-state index is -3.01. The second-order valence-corrected chi connectivity index (χ2v) is 7.47. The Kier molecular flexibility index (Phi) is 5.10. The van der Waals surface area contributed by atoms with Crippen LogP contribution in [0.15, 0.2) is 36.5 Å². The number of rotatable bonds is 5. The van der Waals surface area contributed by atoms with Crippen LogP contribution in [0.5, 0.6) is 0 Å². The van der Waals surface area contributed by atoms with E-state index in [9.17, 15) is 18.0 Å². The Morgan fingerprint density at radius 2 is 2.04 bits per heavy atom. The topological polar surface area (TPSA) is 46.4 Å². The van der Waals surface area contributed by atoms with E-state index >= 15 is 0 Å². The fourth-order valence-corrected chi connectivity index (χ4v) is 3.48. The van der Waals surface area contributed by atoms with Crippen LogP contribution in [-0.2, 0) is 10.7 Å². The van der Waals surface area contributed by atoms with Crippen molar-refractivity contribution < 1.29 is 18.0 Å². The minimum Gasteiger partial charge on any atom is -0.350 e. The Morgan fingerprint density at radius 3 is 2.67 bits per heavy atom. The van der Waals surface area contributed by atoms with E-state index in [1.54, 1.807) is 18.2 Å². The number of alkyl halides is 2. The maximum atomic E-state index is 14.3. The van der Waals surface area contributed by atoms with Crippen LogP contribution in [0.1, 0.15) is 31.3 Å². The van der Waals surface area contributed by atoms with Gasteiger partial charge < -0.3 is 5.32 Å². The molecule has 4 nitrogen and oxygen atoms in total. The molecule has 0 bridgehead atoms. The third-order valence-corrected chi connectivity index (χ3v) is 4.90. The van der Waals surface area contributed by atoms with Gasteiger partial charge in [-0.15, -0.1) is 0 Å². The molecule has 2 heterocycles. The zero-order valence-electron chi connectivity index (χ0n) is 15.0. The number of amides is 1. The Morgan fingerprint density at radius 1 is 1.33 bits per heavy atom. The highest BCUT2D eigenvalue weighted by Gasteiger charge is 2.29. The lowest BCUT2D eigenvalue weighted by atomic mass is 10.1. The van der Waals surface area contributed by atoms with Gasteiger partial charge in [-0.25, -0.2) is 18.2 Å². The number of fused-ring (bicyclic) bond motifs is 1. The molecule has 142 valence electrons. The monoisotopic (exact) mass is 393 g/mol. The molecule has 1 aromatic carbocycles. The maximum Gasteiger partial charge on any atom is 0.281 e. The quantitative estimate of drug-likeness (QED) is 0.630. The van der Waals surface area contributed by atoms with Crippen molar-refractivity contribution in [3.8, 4) is 11.3 Å². The predicted octanol–water partition coefficient (Wildman–Crippen LogP) is 4.85. The zero-order valence-corrected chi connectivity index (χ0v) is 15.8. The van der Waals surface area contributed by atoms with Crippen LogP contribution < -0.4 is 5.32 Å². The van der Waals surface area contributed by atoms with Gasteiger partial charge in [0.05, 0.1) is 10.6 Å². The van der Waals surface area contributed by atoms with Gasteiger partial charge in [-0.3, -0.25) is 9.20 Å². The summed E-state index contributed by atoms with van der Waals surface area (Å²) in [6, 6.07) is 6.02. The van der Waals surface area contributed by atoms with Crippen molar-refractivity contribution in [3.63, 3.8) is 0 Å². The number of aromatic nitrogens is 2. The SMILES string of the molecule is CC(C)NC(=O)/C=C/c1c(-c2ccccc2F)nc2sc(C(C)(F)F)cn12. The van der Waals surface area contributed by atoms with E-state index in [1.165, 1.54) is 28.8 Å². The van der Waals surface area contributed by atoms with E-state index in [2.05, 4.69) is 10.3 Å². The minimum absolute atomic E-state index is 0.0508. The molecule has 0 saturated heterocycles. The largest absolute Gasteiger partial charge is 0.350 e. The average molecular weight is 393 g/mol. The average Bonchev–Trinajstić information content (AvgIpc) is 3.10. The van der Waals surface area contributed by atoms with E-state index in [4.69, 9.17) is 0 Å². The van der Waals surface area contributed by atoms with Gasteiger partial charge in [-0.05, 0) is 32.1 Å². The molecule has 0 spiro atoms. The van der Waals surface area contributed by atoms with Crippen molar-refractivity contribution in [1.82, 2.24) is 14.7 Å². The normalized spacial score (nSPS) is 12.4. The highest BCUT2D eigenvalue weighted by Crippen LogP contribution is 2.36. The standard InChI is InChI=1S/C19H18F3N3OS/c1-11(2)23-16(26)9-8-14-17(12-6-4-5-7-13(12)20)24-18-25(14)10-15(27-18)19(3,21)22/h4-11H,1-3H3,(H,23,26)/b9-8+. The summed E-state index contributed by atoms with van der Waals surface area (Å²) in [7, 11) is 0. The molecule has 27 heavy (non-hydrogen) atoms. The molecular formula is C19H18F3N3OS. The Labute approximate surface area is 158 Å². The van der Waals surface area contributed by atoms with Crippen molar-refractivity contribution in [2.24, 2.45) is 0 Å². The first kappa shape index (κ1) is 19.2. The van der Waals surface area contributed by atoms with Crippen molar-refractivity contribution in [2.75, 3.05) is 0 Å². The molecule has 0 aliphatic rings. The summed E-state index contributed by atoms with van der Waals surface area (Å²) in [5.74, 6) is -3.83. The van der Waals surface area contributed by atoms with Crippen LogP contribution in [0.25, 0.3) is 22.3 Å². The number of thiazole rings is 1. The number of hydrogen-bond acceptors (Lipinski definition) is 3. The highest BCUT2D eigenvalue weighted by atomic mass is 32.1. The Hall–Kier alpha value is -2.61. The van der Waals surface area contributed by atoms with Gasteiger partial charge in [-0.1, -0.05) is 23.5 Å². The first-order valence-corrected chi connectivity index (χ1v) is 9.12. The van der Waals surface area contributed by atoms with E-state index in [0.717, 1.165) is 18.3 Å². The van der Waals surface area contributed by atoms with Crippen LogP contribution in [0, 0.1) is 5.82 Å². The number of carbonyl (C=O) groups excluding carboxylic acids is 1. The van der Waals surface area contributed by atoms with Gasteiger partial charge in [0.25, 0.3) is 5.92 Å². The number of nitrogens with one attached hydrogen (secondary N) is 1. The van der Waals surface area contributed by atoms with Gasteiger partial charge in [0, 0.05) is 30.8 Å². The summed E-state index contributed by atoms with van der Waals surface area (Å²) in [5, 5.41) is 2.71. The summed E-state index contributed by atoms with van der Waals surface area (Å²) in [6.07, 6.45) is 4.02. The van der Waals surface area contributed by atoms with E-state index < -0.39 is 11.7 Å². The second kappa shape index (κ2) is 7.19. The van der Waals surface area contributed by atoms with Gasteiger partial charge in [0.1, 0.15) is 11.5 Å². The summed E-state index contributed by atoms with van der Waals surface area (Å²) < 4.78 is 43.1. The Balaban J connectivity index is 2.15. The lowest BCUT2D eigenvalue weighted by Gasteiger charge is -2.06. The molecule has 2 aromatic heterocycles. The zero-order chi connectivity index (χ0) is 19.8. The summed E-state index contributed by atoms with van der Waals surface area (Å²) >= 11 is 0.830. The molecule has 0 fully saturated rings. The van der Waals surface area contributed by atoms with Crippen LogP contribution in [-0.4, -0.2) is 21.3 Å². The number of nitrogens with zero attached hydrogens (tertiary/aromatic N) is 2. The van der Waals surface area contributed by atoms with Crippen molar-refractivity contribution in [3.05, 3.63) is 52.9 Å². The fourth-order valence-electron chi connectivity index (χ4n) is 2.56. The maximum absolute atomic E-state index is 14.3. The van der Waals surface area contributed by atoms with E-state index in [-0.39, 0.29) is 22.4 Å². The lowest BCUT2D eigenvalue weighted by molar-refractivity contribution is -0.116. The fraction of sp³-hybridized carbons (Fsp3) is 0.263. The van der Waals surface area contributed by atoms with Crippen molar-refractivity contribution in [1.29, 1.82) is 0 Å². The van der Waals surface area contributed by atoms with Crippen molar-refractivity contribution >= 4 is 28.3 Å². The Bertz CT molecular complexity index is 1020. The second-order valence-electron chi connectivity index (χ2n) is 6.46. The van der Waals surface area contributed by atoms with Gasteiger partial charge >= 0.3 is 0 Å². The van der Waals surface area contributed by atoms with Crippen LogP contribution >= 0.6 is 11.3 Å². The molecule has 0 aliphatic carbocycles. The number of carbonyl (C=O) groups is 1. The molecule has 1 amide bonds. The molecule has 0 unspecified atom stereocenters. The number of imidazole rings is 1. The molecule has 3 rings (SSSR count). The lowest BCUT2D eigenvalue weighted by Crippen LogP contribution is -2.28. The number of halogens is 3. The van der Waals surface area contributed by atoms with Crippen LogP contribution in [0.2, 0.25) is 0 Å². The van der Waals surface area contributed by atoms with Crippen LogP contribution in [0.4, 0.5) is 13.2 Å². The third-order valence-electron chi connectivity index (χ3n) is 3.75.